The van der Waals surface area contributed by atoms with Crippen molar-refractivity contribution in [2.75, 3.05) is 13.2 Å². The lowest BCUT2D eigenvalue weighted by Gasteiger charge is -2.13. The second-order valence-electron chi connectivity index (χ2n) is 6.07. The van der Waals surface area contributed by atoms with Crippen LogP contribution >= 0.6 is 0 Å². The zero-order chi connectivity index (χ0) is 19.1. The molecular weight excluding hydrogens is 348 g/mol. The first-order valence-electron chi connectivity index (χ1n) is 9.11. The van der Waals surface area contributed by atoms with Crippen LogP contribution in [0.2, 0.25) is 0 Å². The molecule has 0 radical (unpaired) electrons. The first kappa shape index (κ1) is 23.9. The summed E-state index contributed by atoms with van der Waals surface area (Å²) in [5, 5.41) is -1.92. The van der Waals surface area contributed by atoms with Gasteiger partial charge in [-0.15, -0.1) is 0 Å². The van der Waals surface area contributed by atoms with Gasteiger partial charge < -0.3 is 9.47 Å². The number of ether oxygens (including phenoxy) is 2. The first-order chi connectivity index (χ1) is 11.8. The fraction of sp³-hybridized carbons (Fsp3) is 0.882. The van der Waals surface area contributed by atoms with Gasteiger partial charge in [0.1, 0.15) is 0 Å². The Hall–Kier alpha value is -1.15. The lowest BCUT2D eigenvalue weighted by atomic mass is 10.1. The third-order valence-corrected chi connectivity index (χ3v) is 4.81. The number of hydrogen-bond acceptors (Lipinski definition) is 6. The predicted molar refractivity (Wildman–Crippen MR) is 94.8 cm³/mol. The molecule has 0 aromatic heterocycles. The van der Waals surface area contributed by atoms with Crippen molar-refractivity contribution >= 4 is 22.1 Å². The number of carbonyl (C=O) groups is 2. The summed E-state index contributed by atoms with van der Waals surface area (Å²) in [6.45, 7) is 4.35. The number of esters is 2. The van der Waals surface area contributed by atoms with Crippen molar-refractivity contribution in [2.45, 2.75) is 83.3 Å². The van der Waals surface area contributed by atoms with Gasteiger partial charge in [0.2, 0.25) is 0 Å². The fourth-order valence-corrected chi connectivity index (χ4v) is 2.86. The van der Waals surface area contributed by atoms with Gasteiger partial charge in [-0.1, -0.05) is 58.8 Å². The van der Waals surface area contributed by atoms with Gasteiger partial charge in [-0.05, 0) is 12.8 Å². The van der Waals surface area contributed by atoms with Gasteiger partial charge >= 0.3 is 11.9 Å². The average molecular weight is 381 g/mol. The third-order valence-electron chi connectivity index (χ3n) is 3.73. The highest BCUT2D eigenvalue weighted by Gasteiger charge is 2.35. The molecule has 0 aliphatic heterocycles. The maximum absolute atomic E-state index is 11.9. The molecular formula is C17H32O7S. The summed E-state index contributed by atoms with van der Waals surface area (Å²) in [7, 11) is -4.72. The highest BCUT2D eigenvalue weighted by atomic mass is 32.2. The van der Waals surface area contributed by atoms with Crippen LogP contribution in [0.25, 0.3) is 0 Å². The molecule has 0 bridgehead atoms. The second-order valence-corrected chi connectivity index (χ2v) is 7.67. The molecule has 0 fully saturated rings. The molecule has 0 saturated carbocycles. The summed E-state index contributed by atoms with van der Waals surface area (Å²) in [5.41, 5.74) is 0. The van der Waals surface area contributed by atoms with E-state index >= 15 is 0 Å². The van der Waals surface area contributed by atoms with Crippen LogP contribution in [-0.2, 0) is 29.2 Å². The molecule has 7 nitrogen and oxygen atoms in total. The van der Waals surface area contributed by atoms with E-state index in [-0.39, 0.29) is 13.2 Å². The molecule has 0 aliphatic rings. The summed E-state index contributed by atoms with van der Waals surface area (Å²) in [6, 6.07) is 0. The number of hydrogen-bond donors (Lipinski definition) is 1. The molecule has 0 aliphatic carbocycles. The van der Waals surface area contributed by atoms with E-state index in [0.29, 0.717) is 12.8 Å². The Morgan fingerprint density at radius 2 is 1.32 bits per heavy atom. The summed E-state index contributed by atoms with van der Waals surface area (Å²) < 4.78 is 41.6. The SMILES string of the molecule is CCCCCCCCOC(=O)C(CC(=O)OCCCCC)S(=O)(=O)O. The molecule has 1 atom stereocenters. The van der Waals surface area contributed by atoms with Crippen LogP contribution in [0.1, 0.15) is 78.1 Å². The minimum Gasteiger partial charge on any atom is -0.466 e. The maximum Gasteiger partial charge on any atom is 0.327 e. The molecule has 0 aromatic rings. The minimum absolute atomic E-state index is 0.0720. The summed E-state index contributed by atoms with van der Waals surface area (Å²) >= 11 is 0. The normalized spacial score (nSPS) is 12.6. The molecule has 1 N–H and O–H groups in total. The smallest absolute Gasteiger partial charge is 0.327 e. The van der Waals surface area contributed by atoms with Crippen LogP contribution in [0, 0.1) is 0 Å². The summed E-state index contributed by atoms with van der Waals surface area (Å²) in [4.78, 5) is 23.5. The van der Waals surface area contributed by atoms with E-state index in [2.05, 4.69) is 6.92 Å². The van der Waals surface area contributed by atoms with Crippen LogP contribution in [0.4, 0.5) is 0 Å². The number of rotatable bonds is 15. The molecule has 0 aromatic carbocycles. The van der Waals surface area contributed by atoms with Crippen molar-refractivity contribution in [3.8, 4) is 0 Å². The molecule has 25 heavy (non-hydrogen) atoms. The van der Waals surface area contributed by atoms with Gasteiger partial charge in [-0.3, -0.25) is 14.1 Å². The number of unbranched alkanes of at least 4 members (excludes halogenated alkanes) is 7. The van der Waals surface area contributed by atoms with Gasteiger partial charge in [0, 0.05) is 0 Å². The Morgan fingerprint density at radius 1 is 0.840 bits per heavy atom. The van der Waals surface area contributed by atoms with Gasteiger partial charge in [0.15, 0.2) is 5.25 Å². The second kappa shape index (κ2) is 14.1. The van der Waals surface area contributed by atoms with E-state index in [1.807, 2.05) is 6.92 Å². The van der Waals surface area contributed by atoms with Crippen LogP contribution in [-0.4, -0.2) is 43.4 Å². The van der Waals surface area contributed by atoms with Crippen LogP contribution in [0.3, 0.4) is 0 Å². The number of carbonyl (C=O) groups excluding carboxylic acids is 2. The van der Waals surface area contributed by atoms with Gasteiger partial charge in [0.05, 0.1) is 19.6 Å². The predicted octanol–water partition coefficient (Wildman–Crippen LogP) is 3.27. The van der Waals surface area contributed by atoms with E-state index in [1.165, 1.54) is 0 Å². The minimum atomic E-state index is -4.72. The van der Waals surface area contributed by atoms with E-state index in [4.69, 9.17) is 14.0 Å². The molecule has 0 spiro atoms. The Bertz CT molecular complexity index is 473. The van der Waals surface area contributed by atoms with Crippen molar-refractivity contribution in [1.82, 2.24) is 0 Å². The zero-order valence-corrected chi connectivity index (χ0v) is 16.2. The molecule has 0 rings (SSSR count). The third kappa shape index (κ3) is 12.8. The maximum atomic E-state index is 11.9. The van der Waals surface area contributed by atoms with Gasteiger partial charge in [-0.25, -0.2) is 0 Å². The molecule has 0 heterocycles. The Morgan fingerprint density at radius 3 is 1.92 bits per heavy atom. The Kier molecular flexibility index (Phi) is 13.4. The standard InChI is InChI=1S/C17H32O7S/c1-3-5-7-8-9-11-13-24-17(19)15(25(20,21)22)14-16(18)23-12-10-6-4-2/h15H,3-14H2,1-2H3,(H,20,21,22). The van der Waals surface area contributed by atoms with Crippen molar-refractivity contribution in [3.63, 3.8) is 0 Å². The van der Waals surface area contributed by atoms with E-state index in [9.17, 15) is 18.0 Å². The molecule has 8 heteroatoms. The van der Waals surface area contributed by atoms with Crippen LogP contribution in [0.15, 0.2) is 0 Å². The molecule has 1 unspecified atom stereocenters. The van der Waals surface area contributed by atoms with Crippen LogP contribution in [0.5, 0.6) is 0 Å². The lowest BCUT2D eigenvalue weighted by Crippen LogP contribution is -2.34. The Labute approximate surface area is 151 Å². The monoisotopic (exact) mass is 380 g/mol. The average Bonchev–Trinajstić information content (AvgIpc) is 2.54. The largest absolute Gasteiger partial charge is 0.466 e. The first-order valence-corrected chi connectivity index (χ1v) is 10.6. The molecule has 0 saturated heterocycles. The topological polar surface area (TPSA) is 107 Å². The van der Waals surface area contributed by atoms with Crippen molar-refractivity contribution < 1.29 is 32.0 Å². The van der Waals surface area contributed by atoms with E-state index in [1.54, 1.807) is 0 Å². The van der Waals surface area contributed by atoms with Crippen molar-refractivity contribution in [2.24, 2.45) is 0 Å². The van der Waals surface area contributed by atoms with Gasteiger partial charge in [-0.2, -0.15) is 8.42 Å². The lowest BCUT2D eigenvalue weighted by molar-refractivity contribution is -0.150. The quantitative estimate of drug-likeness (QED) is 0.264. The summed E-state index contributed by atoms with van der Waals surface area (Å²) in [6.07, 6.45) is 7.70. The fourth-order valence-electron chi connectivity index (χ4n) is 2.21. The highest BCUT2D eigenvalue weighted by Crippen LogP contribution is 2.11. The van der Waals surface area contributed by atoms with Crippen LogP contribution < -0.4 is 0 Å². The zero-order valence-electron chi connectivity index (χ0n) is 15.4. The molecule has 0 amide bonds. The van der Waals surface area contributed by atoms with Crippen molar-refractivity contribution in [3.05, 3.63) is 0 Å². The highest BCUT2D eigenvalue weighted by molar-refractivity contribution is 7.87. The van der Waals surface area contributed by atoms with Gasteiger partial charge in [0.25, 0.3) is 10.1 Å². The Balaban J connectivity index is 4.24. The van der Waals surface area contributed by atoms with E-state index < -0.39 is 33.7 Å². The van der Waals surface area contributed by atoms with E-state index in [0.717, 1.165) is 44.9 Å². The molecule has 148 valence electrons. The summed E-state index contributed by atoms with van der Waals surface area (Å²) in [5.74, 6) is -1.95. The van der Waals surface area contributed by atoms with Crippen molar-refractivity contribution in [1.29, 1.82) is 0 Å².